The first-order valence-corrected chi connectivity index (χ1v) is 12.6. The van der Waals surface area contributed by atoms with Gasteiger partial charge in [-0.05, 0) is 42.5 Å². The number of hydrogen-bond acceptors (Lipinski definition) is 6. The molecule has 4 rings (SSSR count). The summed E-state index contributed by atoms with van der Waals surface area (Å²) >= 11 is 1.21. The van der Waals surface area contributed by atoms with Crippen molar-refractivity contribution in [2.75, 3.05) is 6.79 Å². The number of ketones is 1. The molecule has 2 aromatic rings. The molecular weight excluding hydrogens is 452 g/mol. The number of ether oxygens (including phenoxy) is 2. The molecule has 1 N–H and O–H groups in total. The van der Waals surface area contributed by atoms with Gasteiger partial charge in [-0.1, -0.05) is 46.6 Å². The van der Waals surface area contributed by atoms with Crippen LogP contribution >= 0.6 is 11.3 Å². The predicted molar refractivity (Wildman–Crippen MR) is 132 cm³/mol. The lowest BCUT2D eigenvalue weighted by Gasteiger charge is -2.29. The molecule has 34 heavy (non-hydrogen) atoms. The lowest BCUT2D eigenvalue weighted by atomic mass is 9.86. The molecule has 2 heterocycles. The smallest absolute Gasteiger partial charge is 0.269 e. The van der Waals surface area contributed by atoms with Gasteiger partial charge in [0, 0.05) is 17.5 Å². The first kappa shape index (κ1) is 24.3. The van der Waals surface area contributed by atoms with Gasteiger partial charge in [-0.15, -0.1) is 11.3 Å². The Morgan fingerprint density at radius 3 is 2.65 bits per heavy atom. The Kier molecular flexibility index (Phi) is 6.98. The minimum absolute atomic E-state index is 0.0987. The molecule has 2 atom stereocenters. The number of carbonyl (C=O) groups excluding carboxylic acids is 2. The molecular formula is C26H32N2O5S. The van der Waals surface area contributed by atoms with Crippen LogP contribution in [0.3, 0.4) is 0 Å². The van der Waals surface area contributed by atoms with Crippen LogP contribution < -0.4 is 29.5 Å². The summed E-state index contributed by atoms with van der Waals surface area (Å²) in [6.07, 6.45) is 7.57. The highest BCUT2D eigenvalue weighted by atomic mass is 32.1. The zero-order valence-corrected chi connectivity index (χ0v) is 21.0. The van der Waals surface area contributed by atoms with Crippen molar-refractivity contribution < 1.29 is 19.1 Å². The second-order valence-electron chi connectivity index (χ2n) is 10.1. The second-order valence-corrected chi connectivity index (χ2v) is 11.2. The van der Waals surface area contributed by atoms with Crippen molar-refractivity contribution in [2.24, 2.45) is 11.3 Å². The third-order valence-electron chi connectivity index (χ3n) is 6.38. The normalized spacial score (nSPS) is 21.1. The van der Waals surface area contributed by atoms with Crippen LogP contribution in [0, 0.1) is 11.3 Å². The molecule has 1 saturated carbocycles. The van der Waals surface area contributed by atoms with E-state index in [2.05, 4.69) is 12.2 Å². The molecule has 1 amide bonds. The maximum absolute atomic E-state index is 13.3. The van der Waals surface area contributed by atoms with Gasteiger partial charge in [0.15, 0.2) is 17.3 Å². The summed E-state index contributed by atoms with van der Waals surface area (Å²) in [7, 11) is 0. The summed E-state index contributed by atoms with van der Waals surface area (Å²) < 4.78 is 13.1. The number of Topliss-reactive ketones (excluding diaryl/α,β-unsaturated/α-hetero) is 1. The van der Waals surface area contributed by atoms with Crippen molar-refractivity contribution in [3.8, 4) is 11.5 Å². The zero-order chi connectivity index (χ0) is 24.5. The number of amides is 1. The van der Waals surface area contributed by atoms with Crippen LogP contribution in [-0.2, 0) is 16.1 Å². The van der Waals surface area contributed by atoms with Crippen molar-refractivity contribution in [1.82, 2.24) is 9.88 Å². The van der Waals surface area contributed by atoms with Crippen LogP contribution in [0.2, 0.25) is 0 Å². The number of carbonyl (C=O) groups is 2. The molecule has 0 radical (unpaired) electrons. The predicted octanol–water partition coefficient (Wildman–Crippen LogP) is 2.56. The number of nitrogens with one attached hydrogen (secondary N) is 1. The SMILES string of the molecule is C[C@H]1CCCC[C@@H]1NC(=O)Cn1c(=O)/c(=C\c2ccc3c(c2)OCO3)s/c1=C\C(=O)C(C)(C)C. The van der Waals surface area contributed by atoms with Crippen molar-refractivity contribution >= 4 is 35.2 Å². The van der Waals surface area contributed by atoms with E-state index in [1.807, 2.05) is 32.9 Å². The van der Waals surface area contributed by atoms with E-state index in [0.29, 0.717) is 26.6 Å². The fourth-order valence-electron chi connectivity index (χ4n) is 4.20. The molecule has 0 saturated heterocycles. The van der Waals surface area contributed by atoms with Gasteiger partial charge in [0.1, 0.15) is 11.2 Å². The third kappa shape index (κ3) is 5.43. The lowest BCUT2D eigenvalue weighted by Crippen LogP contribution is -2.45. The first-order chi connectivity index (χ1) is 16.1. The summed E-state index contributed by atoms with van der Waals surface area (Å²) in [6.45, 7) is 7.71. The van der Waals surface area contributed by atoms with Crippen molar-refractivity contribution in [3.63, 3.8) is 0 Å². The first-order valence-electron chi connectivity index (χ1n) is 11.8. The third-order valence-corrected chi connectivity index (χ3v) is 7.44. The van der Waals surface area contributed by atoms with E-state index in [1.54, 1.807) is 12.1 Å². The molecule has 0 spiro atoms. The molecule has 1 aliphatic heterocycles. The molecule has 1 aromatic carbocycles. The average molecular weight is 485 g/mol. The highest BCUT2D eigenvalue weighted by Gasteiger charge is 2.24. The quantitative estimate of drug-likeness (QED) is 0.705. The molecule has 0 unspecified atom stereocenters. The fraction of sp³-hybridized carbons (Fsp3) is 0.500. The molecule has 0 bridgehead atoms. The monoisotopic (exact) mass is 484 g/mol. The number of fused-ring (bicyclic) bond motifs is 1. The van der Waals surface area contributed by atoms with Crippen LogP contribution in [0.4, 0.5) is 0 Å². The van der Waals surface area contributed by atoms with Crippen LogP contribution in [0.1, 0.15) is 58.9 Å². The molecule has 1 aliphatic carbocycles. The Labute approximate surface area is 203 Å². The van der Waals surface area contributed by atoms with E-state index in [0.717, 1.165) is 24.8 Å². The van der Waals surface area contributed by atoms with Gasteiger partial charge in [-0.2, -0.15) is 0 Å². The summed E-state index contributed by atoms with van der Waals surface area (Å²) in [4.78, 5) is 39.0. The Bertz CT molecular complexity index is 1270. The number of aromatic nitrogens is 1. The van der Waals surface area contributed by atoms with Gasteiger partial charge in [0.2, 0.25) is 12.7 Å². The molecule has 2 aliphatic rings. The van der Waals surface area contributed by atoms with Crippen molar-refractivity contribution in [2.45, 2.75) is 66.0 Å². The van der Waals surface area contributed by atoms with Gasteiger partial charge < -0.3 is 14.8 Å². The second kappa shape index (κ2) is 9.78. The van der Waals surface area contributed by atoms with Gasteiger partial charge in [0.05, 0.1) is 4.53 Å². The van der Waals surface area contributed by atoms with Crippen LogP contribution in [-0.4, -0.2) is 29.1 Å². The fourth-order valence-corrected chi connectivity index (χ4v) is 5.24. The van der Waals surface area contributed by atoms with Gasteiger partial charge >= 0.3 is 0 Å². The van der Waals surface area contributed by atoms with Crippen molar-refractivity contribution in [3.05, 3.63) is 43.3 Å². The summed E-state index contributed by atoms with van der Waals surface area (Å²) in [5.41, 5.74) is -0.0994. The summed E-state index contributed by atoms with van der Waals surface area (Å²) in [6, 6.07) is 5.58. The van der Waals surface area contributed by atoms with Gasteiger partial charge in [0.25, 0.3) is 5.56 Å². The number of thiazole rings is 1. The maximum atomic E-state index is 13.3. The Morgan fingerprint density at radius 1 is 1.18 bits per heavy atom. The van der Waals surface area contributed by atoms with Crippen molar-refractivity contribution in [1.29, 1.82) is 0 Å². The van der Waals surface area contributed by atoms with E-state index < -0.39 is 5.41 Å². The molecule has 7 nitrogen and oxygen atoms in total. The topological polar surface area (TPSA) is 86.6 Å². The highest BCUT2D eigenvalue weighted by molar-refractivity contribution is 7.07. The average Bonchev–Trinajstić information content (AvgIpc) is 3.35. The Morgan fingerprint density at radius 2 is 1.91 bits per heavy atom. The van der Waals surface area contributed by atoms with Crippen LogP contribution in [0.5, 0.6) is 11.5 Å². The molecule has 1 aromatic heterocycles. The minimum atomic E-state index is -0.591. The standard InChI is InChI=1S/C26H32N2O5S/c1-16-7-5-6-8-18(16)27-23(30)14-28-24(13-22(29)26(2,3)4)34-21(25(28)31)12-17-9-10-19-20(11-17)33-15-32-19/h9-13,16,18H,5-8,14-15H2,1-4H3,(H,27,30)/b21-12+,24-13-/t16-,18-/m0/s1. The number of nitrogens with zero attached hydrogens (tertiary/aromatic N) is 1. The van der Waals surface area contributed by atoms with E-state index in [1.165, 1.54) is 28.4 Å². The largest absolute Gasteiger partial charge is 0.454 e. The zero-order valence-electron chi connectivity index (χ0n) is 20.2. The lowest BCUT2D eigenvalue weighted by molar-refractivity contribution is -0.123. The summed E-state index contributed by atoms with van der Waals surface area (Å²) in [5.74, 6) is 1.41. The summed E-state index contributed by atoms with van der Waals surface area (Å²) in [5, 5.41) is 3.11. The van der Waals surface area contributed by atoms with E-state index in [-0.39, 0.29) is 36.6 Å². The van der Waals surface area contributed by atoms with Gasteiger partial charge in [-0.3, -0.25) is 19.0 Å². The Hall–Kier alpha value is -2.87. The van der Waals surface area contributed by atoms with Crippen LogP contribution in [0.25, 0.3) is 12.2 Å². The number of benzene rings is 1. The molecule has 182 valence electrons. The minimum Gasteiger partial charge on any atom is -0.454 e. The van der Waals surface area contributed by atoms with E-state index in [9.17, 15) is 14.4 Å². The van der Waals surface area contributed by atoms with Crippen LogP contribution in [0.15, 0.2) is 23.0 Å². The van der Waals surface area contributed by atoms with E-state index >= 15 is 0 Å². The van der Waals surface area contributed by atoms with Gasteiger partial charge in [-0.25, -0.2) is 0 Å². The Balaban J connectivity index is 1.70. The van der Waals surface area contributed by atoms with E-state index in [4.69, 9.17) is 9.47 Å². The number of rotatable bonds is 5. The molecule has 1 fully saturated rings. The number of hydrogen-bond donors (Lipinski definition) is 1. The molecule has 8 heteroatoms. The maximum Gasteiger partial charge on any atom is 0.269 e. The highest BCUT2D eigenvalue weighted by Crippen LogP contribution is 2.32.